The van der Waals surface area contributed by atoms with Crippen molar-refractivity contribution in [3.05, 3.63) is 71.4 Å². The van der Waals surface area contributed by atoms with Crippen LogP contribution >= 0.6 is 0 Å². The fraction of sp³-hybridized carbons (Fsp3) is 0.320. The Kier molecular flexibility index (Phi) is 7.12. The molecule has 4 amide bonds. The van der Waals surface area contributed by atoms with E-state index in [0.717, 1.165) is 5.56 Å². The lowest BCUT2D eigenvalue weighted by atomic mass is 9.95. The highest BCUT2D eigenvalue weighted by molar-refractivity contribution is 6.03. The second-order valence-electron chi connectivity index (χ2n) is 7.98. The summed E-state index contributed by atoms with van der Waals surface area (Å²) in [6.07, 6.45) is 0. The van der Waals surface area contributed by atoms with Crippen LogP contribution in [0.3, 0.4) is 0 Å². The highest BCUT2D eigenvalue weighted by Crippen LogP contribution is 2.37. The van der Waals surface area contributed by atoms with Gasteiger partial charge in [-0.2, -0.15) is 0 Å². The highest BCUT2D eigenvalue weighted by Gasteiger charge is 2.44. The van der Waals surface area contributed by atoms with Crippen LogP contribution in [0.1, 0.15) is 18.5 Å². The summed E-state index contributed by atoms with van der Waals surface area (Å²) in [5, 5.41) is 5.68. The van der Waals surface area contributed by atoms with Gasteiger partial charge in [-0.3, -0.25) is 14.5 Å². The first kappa shape index (κ1) is 23.3. The Balaban J connectivity index is 1.58. The number of nitrogens with zero attached hydrogens (tertiary/aromatic N) is 2. The van der Waals surface area contributed by atoms with E-state index in [0.29, 0.717) is 42.5 Å². The maximum atomic E-state index is 13.4. The molecule has 1 unspecified atom stereocenters. The number of methoxy groups -OCH3 is 1. The average Bonchev–Trinajstić information content (AvgIpc) is 3.15. The lowest BCUT2D eigenvalue weighted by Crippen LogP contribution is -2.47. The summed E-state index contributed by atoms with van der Waals surface area (Å²) >= 11 is 0. The molecule has 0 bridgehead atoms. The summed E-state index contributed by atoms with van der Waals surface area (Å²) in [4.78, 5) is 41.6. The number of hydrogen-bond acceptors (Lipinski definition) is 5. The van der Waals surface area contributed by atoms with Crippen LogP contribution in [0.25, 0.3) is 0 Å². The van der Waals surface area contributed by atoms with Crippen LogP contribution in [0.5, 0.6) is 11.5 Å². The molecule has 0 saturated carbocycles. The van der Waals surface area contributed by atoms with Crippen molar-refractivity contribution in [3.63, 3.8) is 0 Å². The smallest absolute Gasteiger partial charge is 0.322 e. The molecule has 9 nitrogen and oxygen atoms in total. The monoisotopic (exact) mass is 464 g/mol. The molecule has 2 aliphatic rings. The first-order chi connectivity index (χ1) is 16.5. The summed E-state index contributed by atoms with van der Waals surface area (Å²) in [5.41, 5.74) is 1.83. The van der Waals surface area contributed by atoms with Gasteiger partial charge in [0.05, 0.1) is 30.5 Å². The molecule has 0 spiro atoms. The first-order valence-corrected chi connectivity index (χ1v) is 11.2. The van der Waals surface area contributed by atoms with Crippen LogP contribution in [0.4, 0.5) is 4.79 Å². The average molecular weight is 465 g/mol. The Hall–Kier alpha value is -3.85. The van der Waals surface area contributed by atoms with E-state index in [4.69, 9.17) is 9.47 Å². The molecule has 0 saturated heterocycles. The Bertz CT molecular complexity index is 1100. The maximum absolute atomic E-state index is 13.4. The minimum atomic E-state index is -0.640. The number of likely N-dealkylation sites (N-methyl/N-ethyl adjacent to an activating group) is 1. The molecular formula is C25H28N4O5. The molecule has 0 aliphatic carbocycles. The van der Waals surface area contributed by atoms with Gasteiger partial charge in [0.15, 0.2) is 0 Å². The van der Waals surface area contributed by atoms with Crippen molar-refractivity contribution in [3.8, 4) is 11.5 Å². The fourth-order valence-corrected chi connectivity index (χ4v) is 4.16. The molecule has 2 N–H and O–H groups in total. The number of rotatable bonds is 9. The predicted molar refractivity (Wildman–Crippen MR) is 125 cm³/mol. The number of nitrogens with one attached hydrogen (secondary N) is 2. The van der Waals surface area contributed by atoms with Gasteiger partial charge in [-0.15, -0.1) is 0 Å². The molecule has 0 fully saturated rings. The Morgan fingerprint density at radius 3 is 2.62 bits per heavy atom. The van der Waals surface area contributed by atoms with E-state index in [2.05, 4.69) is 10.6 Å². The molecular weight excluding hydrogens is 436 g/mol. The first-order valence-electron chi connectivity index (χ1n) is 11.2. The van der Waals surface area contributed by atoms with Gasteiger partial charge in [0.25, 0.3) is 5.91 Å². The van der Waals surface area contributed by atoms with Crippen molar-refractivity contribution in [2.45, 2.75) is 13.0 Å². The molecule has 9 heteroatoms. The molecule has 0 radical (unpaired) electrons. The zero-order valence-corrected chi connectivity index (χ0v) is 19.2. The Morgan fingerprint density at radius 2 is 1.88 bits per heavy atom. The number of hydrogen-bond donors (Lipinski definition) is 2. The summed E-state index contributed by atoms with van der Waals surface area (Å²) < 4.78 is 10.9. The molecule has 2 heterocycles. The van der Waals surface area contributed by atoms with Crippen LogP contribution in [0.2, 0.25) is 0 Å². The lowest BCUT2D eigenvalue weighted by molar-refractivity contribution is -0.132. The van der Waals surface area contributed by atoms with Gasteiger partial charge in [-0.25, -0.2) is 4.79 Å². The second-order valence-corrected chi connectivity index (χ2v) is 7.98. The second kappa shape index (κ2) is 10.4. The number of para-hydroxylation sites is 1. The molecule has 2 aromatic rings. The SMILES string of the molecule is CCN1C(=O)NC(c2cccc(Oc3ccccc3)c2)C2=C1CN(CC(=O)NCCOC)C2=O. The summed E-state index contributed by atoms with van der Waals surface area (Å²) in [5.74, 6) is 0.738. The molecule has 0 aromatic heterocycles. The van der Waals surface area contributed by atoms with Gasteiger partial charge in [-0.1, -0.05) is 30.3 Å². The van der Waals surface area contributed by atoms with E-state index >= 15 is 0 Å². The number of amides is 4. The van der Waals surface area contributed by atoms with Crippen LogP contribution in [-0.2, 0) is 14.3 Å². The third-order valence-electron chi connectivity index (χ3n) is 5.75. The van der Waals surface area contributed by atoms with Gasteiger partial charge in [0, 0.05) is 20.2 Å². The van der Waals surface area contributed by atoms with Crippen molar-refractivity contribution in [1.29, 1.82) is 0 Å². The van der Waals surface area contributed by atoms with Crippen LogP contribution in [0.15, 0.2) is 65.9 Å². The quantitative estimate of drug-likeness (QED) is 0.555. The summed E-state index contributed by atoms with van der Waals surface area (Å²) in [6.45, 7) is 3.12. The van der Waals surface area contributed by atoms with Gasteiger partial charge in [0.1, 0.15) is 18.0 Å². The summed E-state index contributed by atoms with van der Waals surface area (Å²) in [6, 6.07) is 15.8. The van der Waals surface area contributed by atoms with E-state index in [9.17, 15) is 14.4 Å². The minimum Gasteiger partial charge on any atom is -0.457 e. The van der Waals surface area contributed by atoms with Crippen LogP contribution in [0, 0.1) is 0 Å². The Morgan fingerprint density at radius 1 is 1.12 bits per heavy atom. The fourth-order valence-electron chi connectivity index (χ4n) is 4.16. The van der Waals surface area contributed by atoms with Crippen molar-refractivity contribution in [1.82, 2.24) is 20.4 Å². The third-order valence-corrected chi connectivity index (χ3v) is 5.75. The Labute approximate surface area is 198 Å². The molecule has 34 heavy (non-hydrogen) atoms. The standard InChI is InChI=1S/C25H28N4O5/c1-3-29-20-15-28(16-21(30)26-12-13-33-2)24(31)22(20)23(27-25(29)32)17-8-7-11-19(14-17)34-18-9-5-4-6-10-18/h4-11,14,23H,3,12-13,15-16H2,1-2H3,(H,26,30)(H,27,32). The zero-order chi connectivity index (χ0) is 24.1. The maximum Gasteiger partial charge on any atom is 0.322 e. The summed E-state index contributed by atoms with van der Waals surface area (Å²) in [7, 11) is 1.55. The molecule has 2 aliphatic heterocycles. The third kappa shape index (κ3) is 4.89. The van der Waals surface area contributed by atoms with Crippen LogP contribution < -0.4 is 15.4 Å². The van der Waals surface area contributed by atoms with Gasteiger partial charge >= 0.3 is 6.03 Å². The predicted octanol–water partition coefficient (Wildman–Crippen LogP) is 2.42. The van der Waals surface area contributed by atoms with E-state index in [-0.39, 0.29) is 30.9 Å². The number of carbonyl (C=O) groups is 3. The largest absolute Gasteiger partial charge is 0.457 e. The highest BCUT2D eigenvalue weighted by atomic mass is 16.5. The van der Waals surface area contributed by atoms with Gasteiger partial charge in [0.2, 0.25) is 5.91 Å². The number of benzene rings is 2. The molecule has 2 aromatic carbocycles. The topological polar surface area (TPSA) is 100 Å². The van der Waals surface area contributed by atoms with Crippen molar-refractivity contribution in [2.75, 3.05) is 39.9 Å². The van der Waals surface area contributed by atoms with Gasteiger partial charge in [-0.05, 0) is 36.8 Å². The van der Waals surface area contributed by atoms with Crippen molar-refractivity contribution >= 4 is 17.8 Å². The van der Waals surface area contributed by atoms with Crippen molar-refractivity contribution < 1.29 is 23.9 Å². The van der Waals surface area contributed by atoms with E-state index < -0.39 is 6.04 Å². The van der Waals surface area contributed by atoms with E-state index in [1.807, 2.05) is 61.5 Å². The molecule has 4 rings (SSSR count). The number of urea groups is 1. The lowest BCUT2D eigenvalue weighted by Gasteiger charge is -2.33. The molecule has 178 valence electrons. The van der Waals surface area contributed by atoms with E-state index in [1.54, 1.807) is 12.0 Å². The van der Waals surface area contributed by atoms with Gasteiger partial charge < -0.3 is 25.0 Å². The normalized spacial score (nSPS) is 17.5. The van der Waals surface area contributed by atoms with Crippen molar-refractivity contribution in [2.24, 2.45) is 0 Å². The minimum absolute atomic E-state index is 0.0921. The van der Waals surface area contributed by atoms with E-state index in [1.165, 1.54) is 4.90 Å². The van der Waals surface area contributed by atoms with Crippen LogP contribution in [-0.4, -0.2) is 67.5 Å². The number of carbonyl (C=O) groups excluding carboxylic acids is 3. The zero-order valence-electron chi connectivity index (χ0n) is 19.2. The molecule has 1 atom stereocenters. The number of ether oxygens (including phenoxy) is 2.